The molecular weight excluding hydrogens is 871 g/mol. The topological polar surface area (TPSA) is 231 Å². The Kier molecular flexibility index (Phi) is 13.0. The Morgan fingerprint density at radius 3 is 1.88 bits per heavy atom. The van der Waals surface area contributed by atoms with Gasteiger partial charge in [-0.05, 0) is 105 Å². The lowest BCUT2D eigenvalue weighted by Crippen LogP contribution is -2.41. The molecule has 2 aliphatic carbocycles. The number of imidazole rings is 2. The van der Waals surface area contributed by atoms with Crippen LogP contribution in [0.3, 0.4) is 0 Å². The van der Waals surface area contributed by atoms with Gasteiger partial charge in [-0.1, -0.05) is 32.9 Å². The maximum Gasteiger partial charge on any atom is 0.276 e. The van der Waals surface area contributed by atoms with Crippen LogP contribution in [0.4, 0.5) is 5.95 Å². The molecule has 5 N–H and O–H groups in total. The molecule has 0 radical (unpaired) electrons. The molecule has 0 unspecified atom stereocenters. The SMILES string of the molecule is COc1cc(C(N)=O)cc2nc(C(=O)c3c(C)cnn3CC3CC3)n(C/C=C/Cn3c(NC(=O)c4c(C)cnn4CC4CC4)nc4cc(C(N)=O)cc(OCCCO[Si](C)(C)C(C)(C)C)c43)c12. The van der Waals surface area contributed by atoms with Crippen molar-refractivity contribution in [1.29, 1.82) is 0 Å². The van der Waals surface area contributed by atoms with E-state index < -0.39 is 20.1 Å². The number of methoxy groups -OCH3 is 1. The highest BCUT2D eigenvalue weighted by Crippen LogP contribution is 2.38. The number of aryl methyl sites for hydroxylation is 2. The van der Waals surface area contributed by atoms with Gasteiger partial charge in [-0.2, -0.15) is 10.2 Å². The van der Waals surface area contributed by atoms with Gasteiger partial charge < -0.3 is 34.5 Å². The van der Waals surface area contributed by atoms with Crippen LogP contribution >= 0.6 is 0 Å². The molecule has 0 saturated heterocycles. The van der Waals surface area contributed by atoms with E-state index in [2.05, 4.69) is 49.4 Å². The summed E-state index contributed by atoms with van der Waals surface area (Å²) in [5.74, 6) is -0.0824. The number of fused-ring (bicyclic) bond motifs is 2. The highest BCUT2D eigenvalue weighted by Gasteiger charge is 2.37. The first kappa shape index (κ1) is 46.9. The summed E-state index contributed by atoms with van der Waals surface area (Å²) in [7, 11) is -0.518. The van der Waals surface area contributed by atoms with Gasteiger partial charge in [0.2, 0.25) is 23.5 Å². The molecule has 0 spiro atoms. The number of hydrogen-bond donors (Lipinski definition) is 3. The molecule has 4 aromatic heterocycles. The third-order valence-corrected chi connectivity index (χ3v) is 17.7. The molecule has 2 fully saturated rings. The van der Waals surface area contributed by atoms with Gasteiger partial charge in [0, 0.05) is 50.3 Å². The Morgan fingerprint density at radius 2 is 1.31 bits per heavy atom. The highest BCUT2D eigenvalue weighted by molar-refractivity contribution is 6.74. The van der Waals surface area contributed by atoms with Crippen molar-refractivity contribution in [1.82, 2.24) is 38.7 Å². The van der Waals surface area contributed by atoms with Crippen molar-refractivity contribution in [2.45, 2.75) is 111 Å². The van der Waals surface area contributed by atoms with Crippen LogP contribution in [-0.4, -0.2) is 90.8 Å². The second-order valence-electron chi connectivity index (χ2n) is 19.4. The monoisotopic (exact) mass is 931 g/mol. The average Bonchev–Trinajstić information content (AvgIpc) is 4.13. The van der Waals surface area contributed by atoms with Crippen LogP contribution < -0.4 is 26.3 Å². The summed E-state index contributed by atoms with van der Waals surface area (Å²) in [6.07, 6.45) is 12.1. The number of ether oxygens (including phenoxy) is 2. The number of hydrogen-bond acceptors (Lipinski definition) is 11. The molecule has 18 nitrogen and oxygen atoms in total. The van der Waals surface area contributed by atoms with E-state index in [4.69, 9.17) is 35.3 Å². The Balaban J connectivity index is 1.16. The Labute approximate surface area is 390 Å². The highest BCUT2D eigenvalue weighted by atomic mass is 28.4. The number of carbonyl (C=O) groups is 4. The molecule has 0 aliphatic heterocycles. The molecule has 6 aromatic rings. The van der Waals surface area contributed by atoms with Gasteiger partial charge in [0.05, 0.1) is 37.1 Å². The summed E-state index contributed by atoms with van der Waals surface area (Å²) >= 11 is 0. The zero-order chi connectivity index (χ0) is 47.9. The second-order valence-corrected chi connectivity index (χ2v) is 24.2. The molecule has 3 amide bonds. The largest absolute Gasteiger partial charge is 0.494 e. The third kappa shape index (κ3) is 9.93. The zero-order valence-corrected chi connectivity index (χ0v) is 40.6. The number of anilines is 1. The van der Waals surface area contributed by atoms with Crippen molar-refractivity contribution in [3.63, 3.8) is 0 Å². The maximum atomic E-state index is 14.6. The summed E-state index contributed by atoms with van der Waals surface area (Å²) < 4.78 is 25.7. The van der Waals surface area contributed by atoms with E-state index >= 15 is 0 Å². The van der Waals surface area contributed by atoms with Crippen LogP contribution in [-0.2, 0) is 30.6 Å². The number of ketones is 1. The summed E-state index contributed by atoms with van der Waals surface area (Å²) in [6, 6.07) is 6.27. The lowest BCUT2D eigenvalue weighted by Gasteiger charge is -2.36. The van der Waals surface area contributed by atoms with E-state index in [1.807, 2.05) is 30.6 Å². The number of rotatable bonds is 21. The molecule has 2 aliphatic rings. The molecule has 19 heteroatoms. The predicted octanol–water partition coefficient (Wildman–Crippen LogP) is 6.95. The van der Waals surface area contributed by atoms with Crippen LogP contribution in [0.2, 0.25) is 18.1 Å². The van der Waals surface area contributed by atoms with Gasteiger partial charge in [0.1, 0.15) is 33.9 Å². The number of primary amides is 2. The summed E-state index contributed by atoms with van der Waals surface area (Å²) in [5.41, 5.74) is 16.0. The van der Waals surface area contributed by atoms with E-state index in [0.717, 1.165) is 36.8 Å². The fourth-order valence-corrected chi connectivity index (χ4v) is 9.05. The van der Waals surface area contributed by atoms with E-state index in [1.165, 1.54) is 13.2 Å². The number of allylic oxidation sites excluding steroid dienone is 2. The van der Waals surface area contributed by atoms with Gasteiger partial charge in [-0.3, -0.25) is 33.9 Å². The minimum atomic E-state index is -2.00. The molecule has 0 bridgehead atoms. The molecular formula is C48H61N11O7Si. The predicted molar refractivity (Wildman–Crippen MR) is 256 cm³/mol. The Hall–Kier alpha value is -6.60. The average molecular weight is 932 g/mol. The summed E-state index contributed by atoms with van der Waals surface area (Å²) in [4.78, 5) is 63.5. The number of nitrogens with two attached hydrogens (primary N) is 2. The van der Waals surface area contributed by atoms with Crippen molar-refractivity contribution in [2.24, 2.45) is 23.3 Å². The minimum absolute atomic E-state index is 0.0473. The van der Waals surface area contributed by atoms with Crippen molar-refractivity contribution in [3.8, 4) is 11.5 Å². The third-order valence-electron chi connectivity index (χ3n) is 13.1. The van der Waals surface area contributed by atoms with E-state index in [1.54, 1.807) is 44.5 Å². The fraction of sp³-hybridized carbons (Fsp3) is 0.458. The molecule has 0 atom stereocenters. The van der Waals surface area contributed by atoms with E-state index in [-0.39, 0.29) is 59.3 Å². The molecule has 2 saturated carbocycles. The van der Waals surface area contributed by atoms with Crippen LogP contribution in [0.25, 0.3) is 22.1 Å². The van der Waals surface area contributed by atoms with Crippen molar-refractivity contribution >= 4 is 59.8 Å². The van der Waals surface area contributed by atoms with Crippen molar-refractivity contribution < 1.29 is 33.1 Å². The van der Waals surface area contributed by atoms with Gasteiger partial charge in [-0.15, -0.1) is 0 Å². The van der Waals surface area contributed by atoms with Crippen LogP contribution in [0.5, 0.6) is 11.5 Å². The zero-order valence-electron chi connectivity index (χ0n) is 39.6. The van der Waals surface area contributed by atoms with Gasteiger partial charge >= 0.3 is 0 Å². The molecule has 4 heterocycles. The number of amides is 3. The second kappa shape index (κ2) is 18.6. The standard InChI is InChI=1S/C48H61N11O7Si/c1-28-24-51-58(26-30-12-13-30)38(28)42(60)45-53-34-20-32(43(49)61)22-36(64-6)40(34)56(45)16-9-10-17-57-41-35(54-47(57)55-46(63)39-29(2)25-52-59(39)27-31-14-15-31)21-33(44(50)62)23-37(41)65-18-11-19-66-67(7,8)48(3,4)5/h9-10,20-25,30-31H,11-19,26-27H2,1-8H3,(H2,49,61)(H2,50,62)(H,54,55,63)/b10-9+. The normalized spacial score (nSPS) is 14.4. The van der Waals surface area contributed by atoms with Crippen molar-refractivity contribution in [3.05, 3.63) is 88.3 Å². The van der Waals surface area contributed by atoms with E-state index in [9.17, 15) is 19.2 Å². The number of nitrogens with one attached hydrogen (secondary N) is 1. The van der Waals surface area contributed by atoms with Gasteiger partial charge in [-0.25, -0.2) is 9.97 Å². The minimum Gasteiger partial charge on any atom is -0.494 e. The lowest BCUT2D eigenvalue weighted by molar-refractivity contribution is 0.0991. The van der Waals surface area contributed by atoms with Crippen molar-refractivity contribution in [2.75, 3.05) is 25.6 Å². The number of nitrogens with zero attached hydrogens (tertiary/aromatic N) is 8. The first-order valence-corrected chi connectivity index (χ1v) is 25.8. The van der Waals surface area contributed by atoms with Crippen LogP contribution in [0.1, 0.15) is 112 Å². The molecule has 354 valence electrons. The fourth-order valence-electron chi connectivity index (χ4n) is 7.96. The number of aromatic nitrogens is 8. The van der Waals surface area contributed by atoms with Gasteiger partial charge in [0.15, 0.2) is 14.1 Å². The summed E-state index contributed by atoms with van der Waals surface area (Å²) in [6.45, 7) is 17.0. The molecule has 8 rings (SSSR count). The van der Waals surface area contributed by atoms with Gasteiger partial charge in [0.25, 0.3) is 5.91 Å². The first-order valence-electron chi connectivity index (χ1n) is 22.9. The maximum absolute atomic E-state index is 14.6. The molecule has 67 heavy (non-hydrogen) atoms. The number of carbonyl (C=O) groups excluding carboxylic acids is 4. The van der Waals surface area contributed by atoms with Crippen LogP contribution in [0, 0.1) is 25.7 Å². The Bertz CT molecular complexity index is 2930. The quantitative estimate of drug-likeness (QED) is 0.0289. The lowest BCUT2D eigenvalue weighted by atomic mass is 10.1. The first-order chi connectivity index (χ1) is 31.8. The smallest absolute Gasteiger partial charge is 0.276 e. The Morgan fingerprint density at radius 1 is 0.776 bits per heavy atom. The van der Waals surface area contributed by atoms with Crippen LogP contribution in [0.15, 0.2) is 48.8 Å². The summed E-state index contributed by atoms with van der Waals surface area (Å²) in [5, 5.41) is 12.1. The molecule has 2 aromatic carbocycles. The van der Waals surface area contributed by atoms with E-state index in [0.29, 0.717) is 82.9 Å². The number of benzene rings is 2.